The van der Waals surface area contributed by atoms with Gasteiger partial charge in [-0.25, -0.2) is 19.4 Å². The highest BCUT2D eigenvalue weighted by Gasteiger charge is 2.62. The number of ether oxygens (including phenoxy) is 1. The summed E-state index contributed by atoms with van der Waals surface area (Å²) in [5, 5.41) is 6.65. The van der Waals surface area contributed by atoms with E-state index in [0.29, 0.717) is 18.3 Å². The molecule has 1 atom stereocenters. The molecule has 0 radical (unpaired) electrons. The van der Waals surface area contributed by atoms with E-state index in [-0.39, 0.29) is 64.3 Å². The van der Waals surface area contributed by atoms with Crippen LogP contribution in [0.4, 0.5) is 19.0 Å². The molecule has 4 heterocycles. The van der Waals surface area contributed by atoms with Crippen LogP contribution >= 0.6 is 11.6 Å². The van der Waals surface area contributed by atoms with Crippen LogP contribution in [0.3, 0.4) is 0 Å². The van der Waals surface area contributed by atoms with Crippen molar-refractivity contribution in [3.63, 3.8) is 0 Å². The Morgan fingerprint density at radius 1 is 1.10 bits per heavy atom. The molecule has 1 amide bonds. The Bertz CT molecular complexity index is 1790. The molecule has 11 nitrogen and oxygen atoms in total. The van der Waals surface area contributed by atoms with Crippen molar-refractivity contribution in [3.05, 3.63) is 53.4 Å². The third-order valence-electron chi connectivity index (χ3n) is 9.52. The van der Waals surface area contributed by atoms with E-state index in [4.69, 9.17) is 16.3 Å². The summed E-state index contributed by atoms with van der Waals surface area (Å²) in [4.78, 5) is 23.9. The molecule has 16 heteroatoms. The summed E-state index contributed by atoms with van der Waals surface area (Å²) in [5.74, 6) is 0.425. The van der Waals surface area contributed by atoms with Gasteiger partial charge in [0.2, 0.25) is 0 Å². The van der Waals surface area contributed by atoms with Gasteiger partial charge in [-0.15, -0.1) is 0 Å². The van der Waals surface area contributed by atoms with E-state index in [1.165, 1.54) is 35.3 Å². The Morgan fingerprint density at radius 3 is 2.48 bits per heavy atom. The average Bonchev–Trinajstić information content (AvgIpc) is 3.55. The SMILES string of the molecule is CC(C)(C)N1CC(CCCCNc2cccc(S(=O)(=O)NC(=O)c3ccc(-n4cc(OCCC5(C(F)(F)F)CC5)cn4)nc3Cl)n2)CC1(C)C. The fourth-order valence-electron chi connectivity index (χ4n) is 6.85. The van der Waals surface area contributed by atoms with Crippen molar-refractivity contribution < 1.29 is 31.1 Å². The van der Waals surface area contributed by atoms with Crippen molar-refractivity contribution >= 4 is 33.3 Å². The lowest BCUT2D eigenvalue weighted by atomic mass is 9.92. The summed E-state index contributed by atoms with van der Waals surface area (Å²) >= 11 is 6.26. The number of hydrogen-bond donors (Lipinski definition) is 2. The molecule has 1 aliphatic heterocycles. The molecule has 1 saturated heterocycles. The van der Waals surface area contributed by atoms with Gasteiger partial charge in [0.1, 0.15) is 11.0 Å². The minimum absolute atomic E-state index is 0.0971. The number of nitrogens with zero attached hydrogens (tertiary/aromatic N) is 5. The highest BCUT2D eigenvalue weighted by atomic mass is 35.5. The molecule has 1 aliphatic carbocycles. The van der Waals surface area contributed by atoms with Gasteiger partial charge >= 0.3 is 6.18 Å². The summed E-state index contributed by atoms with van der Waals surface area (Å²) in [6.45, 7) is 13.0. The standard InChI is InChI=1S/C34H45ClF3N7O4S/c1-31(2,3)45-21-23(19-32(45,4)5)9-6-7-17-39-26-10-8-11-28(41-26)50(47,48)43-30(46)25-12-13-27(42-29(25)35)44-22-24(20-40-44)49-18-16-33(14-15-33)34(36,37)38/h8,10-13,20,22-23H,6-7,9,14-19,21H2,1-5H3,(H,39,41)(H,43,46). The molecule has 5 rings (SSSR count). The normalized spacial score (nSPS) is 18.9. The van der Waals surface area contributed by atoms with Crippen LogP contribution in [-0.2, 0) is 10.0 Å². The molecular weight excluding hydrogens is 695 g/mol. The zero-order chi connectivity index (χ0) is 36.5. The molecule has 0 spiro atoms. The first-order valence-corrected chi connectivity index (χ1v) is 18.6. The second-order valence-corrected chi connectivity index (χ2v) is 16.9. The number of hydrogen-bond acceptors (Lipinski definition) is 9. The highest BCUT2D eigenvalue weighted by Crippen LogP contribution is 2.59. The average molecular weight is 740 g/mol. The van der Waals surface area contributed by atoms with Crippen LogP contribution in [0.5, 0.6) is 5.75 Å². The number of alkyl halides is 3. The number of aromatic nitrogens is 4. The quantitative estimate of drug-likeness (QED) is 0.132. The lowest BCUT2D eigenvalue weighted by molar-refractivity contribution is -0.190. The largest absolute Gasteiger partial charge is 0.490 e. The van der Waals surface area contributed by atoms with Gasteiger partial charge in [0.15, 0.2) is 16.6 Å². The maximum absolute atomic E-state index is 13.2. The lowest BCUT2D eigenvalue weighted by Crippen LogP contribution is -2.50. The smallest absolute Gasteiger partial charge is 0.394 e. The first-order chi connectivity index (χ1) is 23.3. The van der Waals surface area contributed by atoms with Crippen molar-refractivity contribution in [1.82, 2.24) is 29.4 Å². The predicted octanol–water partition coefficient (Wildman–Crippen LogP) is 7.03. The van der Waals surface area contributed by atoms with Gasteiger partial charge in [0.05, 0.1) is 30.0 Å². The van der Waals surface area contributed by atoms with E-state index in [1.54, 1.807) is 12.1 Å². The number of carbonyl (C=O) groups excluding carboxylic acids is 1. The number of amides is 1. The van der Waals surface area contributed by atoms with Gasteiger partial charge in [-0.1, -0.05) is 24.1 Å². The summed E-state index contributed by atoms with van der Waals surface area (Å²) in [7, 11) is -4.35. The second-order valence-electron chi connectivity index (χ2n) is 14.9. The van der Waals surface area contributed by atoms with Gasteiger partial charge < -0.3 is 10.1 Å². The summed E-state index contributed by atoms with van der Waals surface area (Å²) in [6, 6.07) is 7.18. The van der Waals surface area contributed by atoms with Crippen LogP contribution in [0.2, 0.25) is 5.15 Å². The number of anilines is 1. The number of rotatable bonds is 14. The van der Waals surface area contributed by atoms with Crippen molar-refractivity contribution in [2.75, 3.05) is 25.0 Å². The Hall–Kier alpha value is -3.43. The van der Waals surface area contributed by atoms with Gasteiger partial charge in [0, 0.05) is 24.2 Å². The Kier molecular flexibility index (Phi) is 10.8. The molecule has 0 bridgehead atoms. The maximum Gasteiger partial charge on any atom is 0.394 e. The minimum Gasteiger partial charge on any atom is -0.490 e. The zero-order valence-electron chi connectivity index (χ0n) is 29.0. The molecule has 2 aliphatic rings. The van der Waals surface area contributed by atoms with Gasteiger partial charge in [0.25, 0.3) is 15.9 Å². The Morgan fingerprint density at radius 2 is 1.84 bits per heavy atom. The number of likely N-dealkylation sites (tertiary alicyclic amines) is 1. The van der Waals surface area contributed by atoms with Crippen LogP contribution in [-0.4, -0.2) is 75.9 Å². The van der Waals surface area contributed by atoms with Gasteiger partial charge in [-0.05, 0) is 103 Å². The summed E-state index contributed by atoms with van der Waals surface area (Å²) in [6.07, 6.45) is 2.75. The molecule has 3 aromatic rings. The zero-order valence-corrected chi connectivity index (χ0v) is 30.6. The number of halogens is 4. The maximum atomic E-state index is 13.2. The fraction of sp³-hybridized carbons (Fsp3) is 0.588. The van der Waals surface area contributed by atoms with Crippen LogP contribution in [0.1, 0.15) is 89.9 Å². The highest BCUT2D eigenvalue weighted by molar-refractivity contribution is 7.90. The topological polar surface area (TPSA) is 131 Å². The van der Waals surface area contributed by atoms with Crippen LogP contribution in [0.25, 0.3) is 5.82 Å². The van der Waals surface area contributed by atoms with Crippen LogP contribution in [0, 0.1) is 11.3 Å². The Labute approximate surface area is 296 Å². The Balaban J connectivity index is 1.10. The number of unbranched alkanes of at least 4 members (excludes halogenated alkanes) is 1. The van der Waals surface area contributed by atoms with E-state index < -0.39 is 27.5 Å². The van der Waals surface area contributed by atoms with Gasteiger partial charge in [-0.3, -0.25) is 9.69 Å². The van der Waals surface area contributed by atoms with E-state index in [0.717, 1.165) is 32.2 Å². The van der Waals surface area contributed by atoms with Gasteiger partial charge in [-0.2, -0.15) is 26.7 Å². The molecule has 50 heavy (non-hydrogen) atoms. The molecule has 2 fully saturated rings. The van der Waals surface area contributed by atoms with Crippen molar-refractivity contribution in [2.24, 2.45) is 11.3 Å². The molecule has 1 unspecified atom stereocenters. The van der Waals surface area contributed by atoms with E-state index in [1.807, 2.05) is 4.72 Å². The molecule has 2 N–H and O–H groups in total. The molecule has 274 valence electrons. The molecule has 0 aromatic carbocycles. The van der Waals surface area contributed by atoms with E-state index in [2.05, 4.69) is 59.9 Å². The lowest BCUT2D eigenvalue weighted by Gasteiger charge is -2.42. The van der Waals surface area contributed by atoms with Crippen molar-refractivity contribution in [1.29, 1.82) is 0 Å². The third-order valence-corrected chi connectivity index (χ3v) is 11.0. The molecule has 3 aromatic heterocycles. The monoisotopic (exact) mass is 739 g/mol. The van der Waals surface area contributed by atoms with E-state index >= 15 is 0 Å². The number of nitrogens with one attached hydrogen (secondary N) is 2. The van der Waals surface area contributed by atoms with E-state index in [9.17, 15) is 26.4 Å². The molecular formula is C34H45ClF3N7O4S. The second kappa shape index (κ2) is 14.3. The van der Waals surface area contributed by atoms with Crippen molar-refractivity contribution in [2.45, 2.75) is 102 Å². The third kappa shape index (κ3) is 8.89. The van der Waals surface area contributed by atoms with Crippen LogP contribution < -0.4 is 14.8 Å². The first kappa shape index (κ1) is 37.8. The van der Waals surface area contributed by atoms with Crippen molar-refractivity contribution in [3.8, 4) is 11.6 Å². The minimum atomic E-state index is -4.35. The number of pyridine rings is 2. The number of carbonyl (C=O) groups is 1. The predicted molar refractivity (Wildman–Crippen MR) is 184 cm³/mol. The summed E-state index contributed by atoms with van der Waals surface area (Å²) < 4.78 is 74.3. The van der Waals surface area contributed by atoms with Crippen LogP contribution in [0.15, 0.2) is 47.8 Å². The number of sulfonamides is 1. The molecule has 1 saturated carbocycles. The first-order valence-electron chi connectivity index (χ1n) is 16.8. The fourth-order valence-corrected chi connectivity index (χ4v) is 8.02. The summed E-state index contributed by atoms with van der Waals surface area (Å²) in [5.41, 5.74) is -1.57.